The third kappa shape index (κ3) is 3.67. The Labute approximate surface area is 164 Å². The monoisotopic (exact) mass is 384 g/mol. The summed E-state index contributed by atoms with van der Waals surface area (Å²) in [6.45, 7) is 0. The van der Waals surface area contributed by atoms with Crippen molar-refractivity contribution >= 4 is 23.2 Å². The van der Waals surface area contributed by atoms with Gasteiger partial charge in [-0.3, -0.25) is 0 Å². The third-order valence-corrected chi connectivity index (χ3v) is 5.90. The van der Waals surface area contributed by atoms with Crippen LogP contribution in [-0.4, -0.2) is 9.55 Å². The minimum absolute atomic E-state index is 0.0378. The summed E-state index contributed by atoms with van der Waals surface area (Å²) in [5.41, 5.74) is 3.71. The molecule has 1 aliphatic carbocycles. The van der Waals surface area contributed by atoms with E-state index in [1.807, 2.05) is 12.3 Å². The first-order valence-electron chi connectivity index (χ1n) is 9.25. The smallest absolute Gasteiger partial charge is 0.147 e. The van der Waals surface area contributed by atoms with Crippen LogP contribution in [0, 0.1) is 0 Å². The molecule has 0 bridgehead atoms. The molecule has 1 aromatic heterocycles. The van der Waals surface area contributed by atoms with Gasteiger partial charge in [-0.2, -0.15) is 0 Å². The Hall–Kier alpha value is -1.77. The quantitative estimate of drug-likeness (QED) is 0.479. The van der Waals surface area contributed by atoms with Crippen LogP contribution in [0.2, 0.25) is 10.2 Å². The molecular weight excluding hydrogens is 363 g/mol. The number of nitrogens with zero attached hydrogens (tertiary/aromatic N) is 2. The second kappa shape index (κ2) is 7.85. The van der Waals surface area contributed by atoms with Crippen molar-refractivity contribution in [2.45, 2.75) is 44.1 Å². The van der Waals surface area contributed by atoms with E-state index in [2.05, 4.69) is 52.0 Å². The van der Waals surface area contributed by atoms with E-state index in [-0.39, 0.29) is 6.04 Å². The van der Waals surface area contributed by atoms with Crippen molar-refractivity contribution in [1.82, 2.24) is 9.55 Å². The number of rotatable bonds is 4. The molecule has 0 spiro atoms. The molecule has 2 nitrogen and oxygen atoms in total. The number of halogens is 2. The Bertz CT molecular complexity index is 867. The molecule has 26 heavy (non-hydrogen) atoms. The van der Waals surface area contributed by atoms with Gasteiger partial charge in [-0.15, -0.1) is 0 Å². The number of hydrogen-bond acceptors (Lipinski definition) is 1. The number of benzene rings is 2. The van der Waals surface area contributed by atoms with Crippen LogP contribution >= 0.6 is 23.2 Å². The average molecular weight is 385 g/mol. The molecule has 0 radical (unpaired) electrons. The second-order valence-corrected chi connectivity index (χ2v) is 7.87. The fourth-order valence-corrected chi connectivity index (χ4v) is 4.51. The van der Waals surface area contributed by atoms with Crippen LogP contribution in [0.5, 0.6) is 0 Å². The Kier molecular flexibility index (Phi) is 5.33. The molecule has 0 aliphatic heterocycles. The molecule has 1 heterocycles. The van der Waals surface area contributed by atoms with E-state index < -0.39 is 0 Å². The first-order chi connectivity index (χ1) is 12.7. The largest absolute Gasteiger partial charge is 0.324 e. The van der Waals surface area contributed by atoms with Crippen molar-refractivity contribution in [3.63, 3.8) is 0 Å². The molecule has 134 valence electrons. The van der Waals surface area contributed by atoms with Gasteiger partial charge in [0.25, 0.3) is 0 Å². The highest BCUT2D eigenvalue weighted by Gasteiger charge is 2.22. The number of hydrogen-bond donors (Lipinski definition) is 0. The van der Waals surface area contributed by atoms with E-state index in [9.17, 15) is 0 Å². The van der Waals surface area contributed by atoms with Gasteiger partial charge < -0.3 is 4.57 Å². The minimum atomic E-state index is 0.0378. The second-order valence-electron chi connectivity index (χ2n) is 7.07. The fraction of sp³-hybridized carbons (Fsp3) is 0.318. The first-order valence-corrected chi connectivity index (χ1v) is 10.0. The summed E-state index contributed by atoms with van der Waals surface area (Å²) >= 11 is 12.7. The van der Waals surface area contributed by atoms with Crippen LogP contribution in [0.15, 0.2) is 61.1 Å². The lowest BCUT2D eigenvalue weighted by atomic mass is 9.83. The van der Waals surface area contributed by atoms with Crippen LogP contribution in [0.1, 0.15) is 60.8 Å². The Morgan fingerprint density at radius 3 is 2.38 bits per heavy atom. The van der Waals surface area contributed by atoms with E-state index >= 15 is 0 Å². The van der Waals surface area contributed by atoms with Gasteiger partial charge in [-0.1, -0.05) is 84.9 Å². The molecule has 1 atom stereocenters. The normalized spacial score (nSPS) is 16.5. The van der Waals surface area contributed by atoms with Crippen LogP contribution in [0.25, 0.3) is 0 Å². The molecule has 1 aliphatic rings. The maximum absolute atomic E-state index is 6.59. The molecule has 1 fully saturated rings. The van der Waals surface area contributed by atoms with E-state index in [1.165, 1.54) is 48.8 Å². The SMILES string of the molecule is Clc1cn(C(c2ccccc2)c2ccc(Cl)c(C3CCCCC3)c2)cn1. The number of aromatic nitrogens is 2. The molecule has 0 N–H and O–H groups in total. The summed E-state index contributed by atoms with van der Waals surface area (Å²) in [6.07, 6.45) is 10.1. The molecule has 0 amide bonds. The Morgan fingerprint density at radius 2 is 1.69 bits per heavy atom. The highest BCUT2D eigenvalue weighted by Crippen LogP contribution is 2.38. The van der Waals surface area contributed by atoms with E-state index in [1.54, 1.807) is 6.33 Å². The van der Waals surface area contributed by atoms with Gasteiger partial charge in [0.05, 0.1) is 12.4 Å². The summed E-state index contributed by atoms with van der Waals surface area (Å²) in [5.74, 6) is 0.569. The molecule has 1 saturated carbocycles. The van der Waals surface area contributed by atoms with Gasteiger partial charge in [0.2, 0.25) is 0 Å². The van der Waals surface area contributed by atoms with Crippen LogP contribution < -0.4 is 0 Å². The lowest BCUT2D eigenvalue weighted by Gasteiger charge is -2.26. The van der Waals surface area contributed by atoms with Crippen molar-refractivity contribution in [1.29, 1.82) is 0 Å². The maximum Gasteiger partial charge on any atom is 0.147 e. The van der Waals surface area contributed by atoms with Crippen LogP contribution in [0.3, 0.4) is 0 Å². The van der Waals surface area contributed by atoms with E-state index in [4.69, 9.17) is 23.2 Å². The van der Waals surface area contributed by atoms with E-state index in [0.29, 0.717) is 11.1 Å². The fourth-order valence-electron chi connectivity index (χ4n) is 4.08. The maximum atomic E-state index is 6.59. The molecule has 4 rings (SSSR count). The summed E-state index contributed by atoms with van der Waals surface area (Å²) in [4.78, 5) is 4.22. The predicted octanol–water partition coefficient (Wildman–Crippen LogP) is 6.88. The molecule has 3 aromatic rings. The molecule has 1 unspecified atom stereocenters. The van der Waals surface area contributed by atoms with Crippen LogP contribution in [0.4, 0.5) is 0 Å². The summed E-state index contributed by atoms with van der Waals surface area (Å²) < 4.78 is 2.07. The van der Waals surface area contributed by atoms with Gasteiger partial charge in [0, 0.05) is 11.2 Å². The molecule has 0 saturated heterocycles. The van der Waals surface area contributed by atoms with Gasteiger partial charge in [-0.05, 0) is 41.5 Å². The van der Waals surface area contributed by atoms with Gasteiger partial charge in [0.1, 0.15) is 5.15 Å². The highest BCUT2D eigenvalue weighted by atomic mass is 35.5. The Balaban J connectivity index is 1.78. The topological polar surface area (TPSA) is 17.8 Å². The van der Waals surface area contributed by atoms with Crippen molar-refractivity contribution < 1.29 is 0 Å². The summed E-state index contributed by atoms with van der Waals surface area (Å²) in [6, 6.07) is 17.0. The highest BCUT2D eigenvalue weighted by molar-refractivity contribution is 6.31. The zero-order valence-corrected chi connectivity index (χ0v) is 16.1. The van der Waals surface area contributed by atoms with Crippen molar-refractivity contribution in [3.8, 4) is 0 Å². The first kappa shape index (κ1) is 17.6. The lowest BCUT2D eigenvalue weighted by Crippen LogP contribution is -2.12. The summed E-state index contributed by atoms with van der Waals surface area (Å²) in [7, 11) is 0. The lowest BCUT2D eigenvalue weighted by molar-refractivity contribution is 0.443. The number of imidazole rings is 1. The molecule has 2 aromatic carbocycles. The Morgan fingerprint density at radius 1 is 0.923 bits per heavy atom. The van der Waals surface area contributed by atoms with E-state index in [0.717, 1.165) is 5.02 Å². The van der Waals surface area contributed by atoms with Crippen LogP contribution in [-0.2, 0) is 0 Å². The van der Waals surface area contributed by atoms with Gasteiger partial charge in [0.15, 0.2) is 0 Å². The van der Waals surface area contributed by atoms with Crippen molar-refractivity contribution in [2.75, 3.05) is 0 Å². The molecule has 4 heteroatoms. The standard InChI is InChI=1S/C22H22Cl2N2/c23-20-12-11-18(13-19(20)16-7-3-1-4-8-16)22(17-9-5-2-6-10-17)26-14-21(24)25-15-26/h2,5-6,9-16,22H,1,3-4,7-8H2. The predicted molar refractivity (Wildman–Crippen MR) is 108 cm³/mol. The average Bonchev–Trinajstić information content (AvgIpc) is 3.11. The minimum Gasteiger partial charge on any atom is -0.324 e. The van der Waals surface area contributed by atoms with Crippen molar-refractivity contribution in [2.24, 2.45) is 0 Å². The van der Waals surface area contributed by atoms with Gasteiger partial charge in [-0.25, -0.2) is 4.98 Å². The van der Waals surface area contributed by atoms with Crippen molar-refractivity contribution in [3.05, 3.63) is 87.9 Å². The zero-order chi connectivity index (χ0) is 17.9. The third-order valence-electron chi connectivity index (χ3n) is 5.36. The van der Waals surface area contributed by atoms with Gasteiger partial charge >= 0.3 is 0 Å². The molecular formula is C22H22Cl2N2. The zero-order valence-electron chi connectivity index (χ0n) is 14.6. The summed E-state index contributed by atoms with van der Waals surface area (Å²) in [5, 5.41) is 1.39.